The van der Waals surface area contributed by atoms with Crippen molar-refractivity contribution >= 4 is 35.1 Å². The Kier molecular flexibility index (Phi) is 3.69. The molecule has 5 heterocycles. The number of hydrogen-bond acceptors (Lipinski definition) is 9. The Bertz CT molecular complexity index is 929. The molecule has 0 aromatic carbocycles. The zero-order valence-electron chi connectivity index (χ0n) is 15.8. The summed E-state index contributed by atoms with van der Waals surface area (Å²) in [6.07, 6.45) is 1.70. The number of fused-ring (bicyclic) bond motifs is 1. The van der Waals surface area contributed by atoms with Gasteiger partial charge in [-0.2, -0.15) is 5.21 Å². The highest BCUT2D eigenvalue weighted by atomic mass is 32.2. The third-order valence-electron chi connectivity index (χ3n) is 5.67. The molecule has 2 aromatic heterocycles. The molecule has 28 heavy (non-hydrogen) atoms. The highest BCUT2D eigenvalue weighted by Crippen LogP contribution is 2.58. The number of hydrogen-bond donors (Lipinski definition) is 2. The average molecular weight is 421 g/mol. The highest BCUT2D eigenvalue weighted by molar-refractivity contribution is 8.01. The van der Waals surface area contributed by atoms with Gasteiger partial charge in [0.05, 0.1) is 5.66 Å². The molecule has 0 aliphatic carbocycles. The molecule has 2 amide bonds. The molecular weight excluding hydrogens is 400 g/mol. The minimum atomic E-state index is -0.648. The number of β-lactam (4-membered cyclic amide) rings is 1. The summed E-state index contributed by atoms with van der Waals surface area (Å²) < 4.78 is 3.81. The molecule has 3 fully saturated rings. The fourth-order valence-electron chi connectivity index (χ4n) is 4.50. The third kappa shape index (κ3) is 2.31. The maximum Gasteiger partial charge on any atom is 0.250 e. The van der Waals surface area contributed by atoms with E-state index in [-0.39, 0.29) is 28.0 Å². The lowest BCUT2D eigenvalue weighted by molar-refractivity contribution is -0.165. The third-order valence-corrected chi connectivity index (χ3v) is 7.83. The van der Waals surface area contributed by atoms with Crippen molar-refractivity contribution in [3.8, 4) is 0 Å². The van der Waals surface area contributed by atoms with E-state index in [1.54, 1.807) is 27.8 Å². The Morgan fingerprint density at radius 1 is 1.18 bits per heavy atom. The predicted molar refractivity (Wildman–Crippen MR) is 102 cm³/mol. The van der Waals surface area contributed by atoms with Crippen molar-refractivity contribution in [1.29, 1.82) is 0 Å². The van der Waals surface area contributed by atoms with E-state index in [4.69, 9.17) is 0 Å². The molecule has 3 unspecified atom stereocenters. The molecule has 148 valence electrons. The first kappa shape index (κ1) is 18.0. The van der Waals surface area contributed by atoms with Crippen molar-refractivity contribution in [1.82, 2.24) is 40.1 Å². The van der Waals surface area contributed by atoms with Gasteiger partial charge in [0.15, 0.2) is 5.82 Å². The quantitative estimate of drug-likeness (QED) is 0.695. The van der Waals surface area contributed by atoms with Gasteiger partial charge in [-0.3, -0.25) is 14.9 Å². The summed E-state index contributed by atoms with van der Waals surface area (Å²) in [4.78, 5) is 30.0. The van der Waals surface area contributed by atoms with E-state index < -0.39 is 17.7 Å². The maximum absolute atomic E-state index is 13.3. The fraction of sp³-hybridized carbons (Fsp3) is 0.625. The standard InChI is InChI=1S/C16H20N8O2S2/c1-15(2)10(11-19-21-22-20-11)23-13(26)9(14(23)28-15)24-12(25)8(18-16(24,3)4)7-5-17-27-6-7/h5-6,8-10,14,18H,1-4H3,(H,19,20,21,22)/t8?,9?,10?,14-/m0/s1. The molecule has 0 bridgehead atoms. The molecule has 10 nitrogen and oxygen atoms in total. The molecule has 12 heteroatoms. The second-order valence-corrected chi connectivity index (χ2v) is 10.7. The number of H-pyrrole nitrogens is 1. The number of thioether (sulfide) groups is 1. The molecule has 3 aliphatic rings. The Labute approximate surface area is 169 Å². The smallest absolute Gasteiger partial charge is 0.250 e. The van der Waals surface area contributed by atoms with Crippen LogP contribution in [0.1, 0.15) is 51.2 Å². The molecule has 3 saturated heterocycles. The first-order valence-electron chi connectivity index (χ1n) is 8.96. The Hall–Kier alpha value is -2.05. The lowest BCUT2D eigenvalue weighted by atomic mass is 9.93. The minimum absolute atomic E-state index is 0.0785. The second-order valence-electron chi connectivity index (χ2n) is 8.28. The number of aromatic nitrogens is 5. The van der Waals surface area contributed by atoms with Gasteiger partial charge in [0.2, 0.25) is 11.8 Å². The second kappa shape index (κ2) is 5.74. The summed E-state index contributed by atoms with van der Waals surface area (Å²) in [6.45, 7) is 8.00. The Morgan fingerprint density at radius 2 is 1.96 bits per heavy atom. The molecule has 0 radical (unpaired) electrons. The van der Waals surface area contributed by atoms with E-state index >= 15 is 0 Å². The van der Waals surface area contributed by atoms with Crippen LogP contribution in [0.4, 0.5) is 0 Å². The fourth-order valence-corrected chi connectivity index (χ4v) is 6.74. The molecule has 5 rings (SSSR count). The van der Waals surface area contributed by atoms with Crippen molar-refractivity contribution in [2.75, 3.05) is 0 Å². The van der Waals surface area contributed by atoms with Gasteiger partial charge in [-0.25, -0.2) is 4.37 Å². The van der Waals surface area contributed by atoms with Gasteiger partial charge < -0.3 is 9.80 Å². The Morgan fingerprint density at radius 3 is 2.61 bits per heavy atom. The zero-order valence-corrected chi connectivity index (χ0v) is 17.4. The van der Waals surface area contributed by atoms with Crippen molar-refractivity contribution < 1.29 is 9.59 Å². The summed E-state index contributed by atoms with van der Waals surface area (Å²) >= 11 is 2.99. The van der Waals surface area contributed by atoms with Crippen LogP contribution in [-0.4, -0.2) is 68.4 Å². The number of tetrazole rings is 1. The summed E-state index contributed by atoms with van der Waals surface area (Å²) in [6, 6.07) is -1.29. The maximum atomic E-state index is 13.3. The molecule has 2 aromatic rings. The zero-order chi connectivity index (χ0) is 19.8. The van der Waals surface area contributed by atoms with Gasteiger partial charge in [-0.15, -0.1) is 22.0 Å². The number of aromatic amines is 1. The molecule has 0 saturated carbocycles. The largest absolute Gasteiger partial charge is 0.314 e. The van der Waals surface area contributed by atoms with Gasteiger partial charge in [-0.1, -0.05) is 5.21 Å². The highest BCUT2D eigenvalue weighted by Gasteiger charge is 2.67. The minimum Gasteiger partial charge on any atom is -0.314 e. The van der Waals surface area contributed by atoms with Crippen molar-refractivity contribution in [3.63, 3.8) is 0 Å². The van der Waals surface area contributed by atoms with Crippen LogP contribution in [0.2, 0.25) is 0 Å². The van der Waals surface area contributed by atoms with Crippen LogP contribution in [0, 0.1) is 0 Å². The van der Waals surface area contributed by atoms with Crippen LogP contribution in [0.5, 0.6) is 0 Å². The van der Waals surface area contributed by atoms with Crippen LogP contribution in [0.25, 0.3) is 0 Å². The summed E-state index contributed by atoms with van der Waals surface area (Å²) in [5, 5.41) is 19.4. The normalized spacial score (nSPS) is 33.3. The van der Waals surface area contributed by atoms with Crippen molar-refractivity contribution in [2.45, 2.75) is 61.6 Å². The van der Waals surface area contributed by atoms with E-state index in [0.717, 1.165) is 5.56 Å². The molecule has 0 spiro atoms. The van der Waals surface area contributed by atoms with Gasteiger partial charge in [0.1, 0.15) is 23.5 Å². The molecule has 2 N–H and O–H groups in total. The van der Waals surface area contributed by atoms with E-state index in [0.29, 0.717) is 5.82 Å². The van der Waals surface area contributed by atoms with Crippen LogP contribution in [0.15, 0.2) is 11.6 Å². The number of carbonyl (C=O) groups excluding carboxylic acids is 2. The lowest BCUT2D eigenvalue weighted by Gasteiger charge is -2.50. The SMILES string of the molecule is CC1(C)S[C@H]2C(N3C(=O)C(c4cnsc4)NC3(C)C)C(=O)N2C1c1nn[nH]n1. The van der Waals surface area contributed by atoms with E-state index in [2.05, 4.69) is 44.2 Å². The first-order chi connectivity index (χ1) is 13.2. The van der Waals surface area contributed by atoms with Crippen LogP contribution < -0.4 is 5.32 Å². The van der Waals surface area contributed by atoms with Gasteiger partial charge in [-0.05, 0) is 39.2 Å². The topological polar surface area (TPSA) is 120 Å². The Balaban J connectivity index is 1.47. The van der Waals surface area contributed by atoms with Gasteiger partial charge in [0, 0.05) is 21.9 Å². The summed E-state index contributed by atoms with van der Waals surface area (Å²) in [5.41, 5.74) is 0.184. The lowest BCUT2D eigenvalue weighted by Crippen LogP contribution is -2.71. The number of nitrogens with one attached hydrogen (secondary N) is 2. The van der Waals surface area contributed by atoms with Gasteiger partial charge >= 0.3 is 0 Å². The van der Waals surface area contributed by atoms with Gasteiger partial charge in [0.25, 0.3) is 0 Å². The van der Waals surface area contributed by atoms with Crippen molar-refractivity contribution in [2.24, 2.45) is 0 Å². The number of amides is 2. The molecule has 3 aliphatic heterocycles. The average Bonchev–Trinajstić information content (AvgIpc) is 3.38. The van der Waals surface area contributed by atoms with Crippen LogP contribution >= 0.6 is 23.3 Å². The van der Waals surface area contributed by atoms with Crippen LogP contribution in [-0.2, 0) is 9.59 Å². The van der Waals surface area contributed by atoms with E-state index in [9.17, 15) is 9.59 Å². The number of rotatable bonds is 3. The summed E-state index contributed by atoms with van der Waals surface area (Å²) in [5.74, 6) is 0.328. The van der Waals surface area contributed by atoms with E-state index in [1.165, 1.54) is 11.5 Å². The predicted octanol–water partition coefficient (Wildman–Crippen LogP) is 0.669. The van der Waals surface area contributed by atoms with Crippen LogP contribution in [0.3, 0.4) is 0 Å². The summed E-state index contributed by atoms with van der Waals surface area (Å²) in [7, 11) is 0. The monoisotopic (exact) mass is 420 g/mol. The molecular formula is C16H20N8O2S2. The van der Waals surface area contributed by atoms with E-state index in [1.807, 2.05) is 19.2 Å². The first-order valence-corrected chi connectivity index (χ1v) is 10.7. The number of nitrogens with zero attached hydrogens (tertiary/aromatic N) is 6. The number of carbonyl (C=O) groups is 2. The van der Waals surface area contributed by atoms with Crippen molar-refractivity contribution in [3.05, 3.63) is 23.0 Å². The molecule has 4 atom stereocenters.